The van der Waals surface area contributed by atoms with E-state index >= 15 is 0 Å². The first-order valence-electron chi connectivity index (χ1n) is 6.75. The molecule has 18 heavy (non-hydrogen) atoms. The van der Waals surface area contributed by atoms with Crippen molar-refractivity contribution >= 4 is 11.6 Å². The lowest BCUT2D eigenvalue weighted by Gasteiger charge is -2.03. The van der Waals surface area contributed by atoms with E-state index in [4.69, 9.17) is 0 Å². The molecule has 1 aromatic rings. The van der Waals surface area contributed by atoms with Gasteiger partial charge in [0.1, 0.15) is 5.78 Å². The molecule has 2 heteroatoms. The minimum Gasteiger partial charge on any atom is -0.300 e. The number of hydrogen-bond donors (Lipinski definition) is 0. The third-order valence-electron chi connectivity index (χ3n) is 3.00. The molecule has 0 spiro atoms. The number of carbonyl (C=O) groups excluding carboxylic acids is 2. The monoisotopic (exact) mass is 246 g/mol. The second-order valence-corrected chi connectivity index (χ2v) is 4.81. The van der Waals surface area contributed by atoms with Crippen molar-refractivity contribution in [1.29, 1.82) is 0 Å². The molecule has 0 saturated heterocycles. The molecule has 0 unspecified atom stereocenters. The molecular weight excluding hydrogens is 224 g/mol. The van der Waals surface area contributed by atoms with Crippen LogP contribution in [-0.4, -0.2) is 11.6 Å². The van der Waals surface area contributed by atoms with Crippen molar-refractivity contribution in [2.75, 3.05) is 0 Å². The fraction of sp³-hybridized carbons (Fsp3) is 0.500. The van der Waals surface area contributed by atoms with Crippen LogP contribution in [0.3, 0.4) is 0 Å². The Balaban J connectivity index is 2.47. The van der Waals surface area contributed by atoms with Crippen molar-refractivity contribution in [3.8, 4) is 0 Å². The molecule has 0 aliphatic carbocycles. The summed E-state index contributed by atoms with van der Waals surface area (Å²) in [5.74, 6) is -0.163. The Morgan fingerprint density at radius 2 is 1.67 bits per heavy atom. The molecule has 0 heterocycles. The van der Waals surface area contributed by atoms with Crippen LogP contribution in [-0.2, 0) is 11.2 Å². The molecule has 0 saturated carbocycles. The molecule has 1 aromatic carbocycles. The van der Waals surface area contributed by atoms with Crippen LogP contribution in [0.5, 0.6) is 0 Å². The third-order valence-corrected chi connectivity index (χ3v) is 3.00. The molecule has 2 nitrogen and oxygen atoms in total. The summed E-state index contributed by atoms with van der Waals surface area (Å²) >= 11 is 0. The Labute approximate surface area is 109 Å². The highest BCUT2D eigenvalue weighted by molar-refractivity contribution is 6.07. The highest BCUT2D eigenvalue weighted by Crippen LogP contribution is 2.11. The number of rotatable bonds is 8. The number of hydrogen-bond acceptors (Lipinski definition) is 2. The number of ketones is 2. The van der Waals surface area contributed by atoms with Crippen LogP contribution in [0, 0.1) is 0 Å². The third kappa shape index (κ3) is 5.26. The van der Waals surface area contributed by atoms with Crippen LogP contribution in [0.1, 0.15) is 61.9 Å². The maximum Gasteiger partial charge on any atom is 0.170 e. The van der Waals surface area contributed by atoms with Crippen molar-refractivity contribution in [3.05, 3.63) is 35.4 Å². The average Bonchev–Trinajstić information content (AvgIpc) is 2.34. The summed E-state index contributed by atoms with van der Waals surface area (Å²) in [6.07, 6.45) is 6.08. The normalized spacial score (nSPS) is 10.3. The van der Waals surface area contributed by atoms with Gasteiger partial charge in [0.25, 0.3) is 0 Å². The summed E-state index contributed by atoms with van der Waals surface area (Å²) in [5, 5.41) is 0. The zero-order valence-electron chi connectivity index (χ0n) is 11.4. The second kappa shape index (κ2) is 7.80. The van der Waals surface area contributed by atoms with E-state index in [9.17, 15) is 9.59 Å². The van der Waals surface area contributed by atoms with E-state index in [2.05, 4.69) is 6.92 Å². The lowest BCUT2D eigenvalue weighted by molar-refractivity contribution is -0.116. The lowest BCUT2D eigenvalue weighted by atomic mass is 10.0. The van der Waals surface area contributed by atoms with Gasteiger partial charge in [0, 0.05) is 5.56 Å². The Bertz CT molecular complexity index is 390. The quantitative estimate of drug-likeness (QED) is 0.395. The van der Waals surface area contributed by atoms with Gasteiger partial charge >= 0.3 is 0 Å². The van der Waals surface area contributed by atoms with Gasteiger partial charge in [-0.25, -0.2) is 0 Å². The van der Waals surface area contributed by atoms with Crippen molar-refractivity contribution in [2.24, 2.45) is 0 Å². The Kier molecular flexibility index (Phi) is 6.34. The lowest BCUT2D eigenvalue weighted by Crippen LogP contribution is -2.04. The van der Waals surface area contributed by atoms with E-state index in [0.717, 1.165) is 6.42 Å². The minimum absolute atomic E-state index is 0.00977. The van der Waals surface area contributed by atoms with Gasteiger partial charge < -0.3 is 0 Å². The largest absolute Gasteiger partial charge is 0.300 e. The molecule has 0 aliphatic rings. The predicted molar refractivity (Wildman–Crippen MR) is 73.9 cm³/mol. The number of unbranched alkanes of at least 4 members (excludes halogenated alkanes) is 3. The van der Waals surface area contributed by atoms with E-state index in [1.807, 2.05) is 24.3 Å². The topological polar surface area (TPSA) is 34.1 Å². The highest BCUT2D eigenvalue weighted by Gasteiger charge is 2.07. The van der Waals surface area contributed by atoms with Crippen molar-refractivity contribution < 1.29 is 9.59 Å². The molecular formula is C16H22O2. The Hall–Kier alpha value is -1.44. The molecule has 0 aliphatic heterocycles. The van der Waals surface area contributed by atoms with E-state index in [0.29, 0.717) is 5.56 Å². The summed E-state index contributed by atoms with van der Waals surface area (Å²) in [6, 6.07) is 7.67. The molecule has 98 valence electrons. The number of aryl methyl sites for hydroxylation is 1. The van der Waals surface area contributed by atoms with Crippen molar-refractivity contribution in [1.82, 2.24) is 0 Å². The maximum atomic E-state index is 11.6. The van der Waals surface area contributed by atoms with Gasteiger partial charge in [0.2, 0.25) is 0 Å². The van der Waals surface area contributed by atoms with Crippen LogP contribution in [0.25, 0.3) is 0 Å². The van der Waals surface area contributed by atoms with Crippen molar-refractivity contribution in [2.45, 2.75) is 52.4 Å². The minimum atomic E-state index is -0.0833. The maximum absolute atomic E-state index is 11.6. The fourth-order valence-electron chi connectivity index (χ4n) is 1.94. The zero-order valence-corrected chi connectivity index (χ0v) is 11.4. The van der Waals surface area contributed by atoms with E-state index in [-0.39, 0.29) is 18.0 Å². The molecule has 0 radical (unpaired) electrons. The van der Waals surface area contributed by atoms with Gasteiger partial charge in [0.05, 0.1) is 6.42 Å². The number of benzene rings is 1. The second-order valence-electron chi connectivity index (χ2n) is 4.81. The molecule has 0 fully saturated rings. The highest BCUT2D eigenvalue weighted by atomic mass is 16.1. The first-order chi connectivity index (χ1) is 8.63. The summed E-state index contributed by atoms with van der Waals surface area (Å²) in [4.78, 5) is 22.5. The van der Waals surface area contributed by atoms with Crippen LogP contribution >= 0.6 is 0 Å². The van der Waals surface area contributed by atoms with E-state index < -0.39 is 0 Å². The van der Waals surface area contributed by atoms with Crippen LogP contribution in [0.15, 0.2) is 24.3 Å². The molecule has 0 atom stereocenters. The van der Waals surface area contributed by atoms with Crippen LogP contribution < -0.4 is 0 Å². The molecule has 0 N–H and O–H groups in total. The van der Waals surface area contributed by atoms with Crippen LogP contribution in [0.4, 0.5) is 0 Å². The molecule has 0 amide bonds. The summed E-state index contributed by atoms with van der Waals surface area (Å²) in [5.41, 5.74) is 1.91. The van der Waals surface area contributed by atoms with Gasteiger partial charge in [-0.15, -0.1) is 0 Å². The van der Waals surface area contributed by atoms with Gasteiger partial charge in [-0.3, -0.25) is 9.59 Å². The van der Waals surface area contributed by atoms with Gasteiger partial charge in [-0.05, 0) is 25.3 Å². The first kappa shape index (κ1) is 14.6. The number of Topliss-reactive ketones (excluding diaryl/α,β-unsaturated/α-hetero) is 2. The number of carbonyl (C=O) groups is 2. The van der Waals surface area contributed by atoms with Gasteiger partial charge in [-0.2, -0.15) is 0 Å². The summed E-state index contributed by atoms with van der Waals surface area (Å²) in [7, 11) is 0. The van der Waals surface area contributed by atoms with Crippen LogP contribution in [0.2, 0.25) is 0 Å². The Morgan fingerprint density at radius 1 is 1.00 bits per heavy atom. The molecule has 1 rings (SSSR count). The van der Waals surface area contributed by atoms with Crippen molar-refractivity contribution in [3.63, 3.8) is 0 Å². The average molecular weight is 246 g/mol. The standard InChI is InChI=1S/C16H22O2/c1-3-4-5-6-7-14-8-10-15(11-9-14)16(18)12-13(2)17/h8-11H,3-7,12H2,1-2H3. The Morgan fingerprint density at radius 3 is 2.22 bits per heavy atom. The summed E-state index contributed by atoms with van der Waals surface area (Å²) in [6.45, 7) is 3.65. The summed E-state index contributed by atoms with van der Waals surface area (Å²) < 4.78 is 0. The predicted octanol–water partition coefficient (Wildman–Crippen LogP) is 3.97. The zero-order chi connectivity index (χ0) is 13.4. The smallest absolute Gasteiger partial charge is 0.170 e. The van der Waals surface area contributed by atoms with E-state index in [1.165, 1.54) is 38.2 Å². The van der Waals surface area contributed by atoms with Gasteiger partial charge in [0.15, 0.2) is 5.78 Å². The van der Waals surface area contributed by atoms with Gasteiger partial charge in [-0.1, -0.05) is 50.5 Å². The van der Waals surface area contributed by atoms with E-state index in [1.54, 1.807) is 0 Å². The fourth-order valence-corrected chi connectivity index (χ4v) is 1.94. The SMILES string of the molecule is CCCCCCc1ccc(C(=O)CC(C)=O)cc1. The first-order valence-corrected chi connectivity index (χ1v) is 6.75. The molecule has 0 aromatic heterocycles. The molecule has 0 bridgehead atoms.